The van der Waals surface area contributed by atoms with Crippen LogP contribution in [-0.4, -0.2) is 41.6 Å². The first-order valence-corrected chi connectivity index (χ1v) is 10.9. The Hall–Kier alpha value is -3.33. The Balaban J connectivity index is 1.48. The summed E-state index contributed by atoms with van der Waals surface area (Å²) in [4.78, 5) is 50.9. The maximum Gasteiger partial charge on any atom is 0.322 e. The molecule has 8 nitrogen and oxygen atoms in total. The molecule has 9 heteroatoms. The molecule has 3 N–H and O–H groups in total. The van der Waals surface area contributed by atoms with Gasteiger partial charge in [-0.1, -0.05) is 18.2 Å². The second kappa shape index (κ2) is 8.43. The van der Waals surface area contributed by atoms with Gasteiger partial charge in [0, 0.05) is 35.0 Å². The molecule has 2 saturated heterocycles. The zero-order valence-electron chi connectivity index (χ0n) is 16.9. The number of rotatable bonds is 6. The third kappa shape index (κ3) is 4.41. The van der Waals surface area contributed by atoms with Gasteiger partial charge in [0.25, 0.3) is 11.8 Å². The monoisotopic (exact) mass is 438 g/mol. The van der Waals surface area contributed by atoms with Crippen LogP contribution in [0.25, 0.3) is 0 Å². The molecular formula is C22H22N4O4S. The summed E-state index contributed by atoms with van der Waals surface area (Å²) < 4.78 is 0. The van der Waals surface area contributed by atoms with Gasteiger partial charge in [0.05, 0.1) is 5.56 Å². The smallest absolute Gasteiger partial charge is 0.322 e. The number of urea groups is 1. The molecule has 2 aromatic carbocycles. The normalized spacial score (nSPS) is 20.5. The first-order chi connectivity index (χ1) is 14.9. The second-order valence-electron chi connectivity index (χ2n) is 7.68. The molecule has 2 aliphatic rings. The van der Waals surface area contributed by atoms with E-state index in [1.165, 1.54) is 11.8 Å². The summed E-state index contributed by atoms with van der Waals surface area (Å²) >= 11 is 1.32. The summed E-state index contributed by atoms with van der Waals surface area (Å²) in [7, 11) is 0. The van der Waals surface area contributed by atoms with Gasteiger partial charge >= 0.3 is 6.03 Å². The molecule has 160 valence electrons. The van der Waals surface area contributed by atoms with Crippen LogP contribution in [0.1, 0.15) is 30.1 Å². The number of benzene rings is 2. The Morgan fingerprint density at radius 3 is 2.68 bits per heavy atom. The SMILES string of the molecule is C[C@]1(CSc2ccccc2C(=O)Nc2cccc(N3CCCC3=O)c2)NC(=O)NC1=O. The van der Waals surface area contributed by atoms with Crippen molar-refractivity contribution in [2.75, 3.05) is 22.5 Å². The van der Waals surface area contributed by atoms with E-state index in [1.807, 2.05) is 12.1 Å². The van der Waals surface area contributed by atoms with Crippen LogP contribution in [-0.2, 0) is 9.59 Å². The fourth-order valence-electron chi connectivity index (χ4n) is 3.55. The fourth-order valence-corrected chi connectivity index (χ4v) is 4.69. The van der Waals surface area contributed by atoms with Crippen LogP contribution in [0.2, 0.25) is 0 Å². The summed E-state index contributed by atoms with van der Waals surface area (Å²) in [6, 6.07) is 13.8. The van der Waals surface area contributed by atoms with E-state index in [-0.39, 0.29) is 23.5 Å². The highest BCUT2D eigenvalue weighted by atomic mass is 32.2. The minimum absolute atomic E-state index is 0.0850. The lowest BCUT2D eigenvalue weighted by atomic mass is 10.1. The summed E-state index contributed by atoms with van der Waals surface area (Å²) in [6.45, 7) is 2.33. The highest BCUT2D eigenvalue weighted by Gasteiger charge is 2.41. The zero-order valence-corrected chi connectivity index (χ0v) is 17.8. The number of nitrogens with zero attached hydrogens (tertiary/aromatic N) is 1. The molecular weight excluding hydrogens is 416 g/mol. The van der Waals surface area contributed by atoms with Gasteiger partial charge in [-0.3, -0.25) is 19.7 Å². The molecule has 0 aromatic heterocycles. The standard InChI is InChI=1S/C22H22N4O4S/c1-22(20(29)24-21(30)25-22)13-31-17-9-3-2-8-16(17)19(28)23-14-6-4-7-15(12-14)26-11-5-10-18(26)27/h2-4,6-9,12H,5,10-11,13H2,1H3,(H,23,28)(H2,24,25,29,30)/t22-/m1/s1. The number of imide groups is 1. The molecule has 2 aliphatic heterocycles. The zero-order chi connectivity index (χ0) is 22.0. The number of nitrogens with one attached hydrogen (secondary N) is 3. The topological polar surface area (TPSA) is 108 Å². The maximum atomic E-state index is 13.0. The number of carbonyl (C=O) groups excluding carboxylic acids is 4. The van der Waals surface area contributed by atoms with Gasteiger partial charge < -0.3 is 15.5 Å². The van der Waals surface area contributed by atoms with Crippen LogP contribution in [0.3, 0.4) is 0 Å². The molecule has 0 spiro atoms. The van der Waals surface area contributed by atoms with E-state index >= 15 is 0 Å². The third-order valence-corrected chi connectivity index (χ3v) is 6.64. The largest absolute Gasteiger partial charge is 0.323 e. The first kappa shape index (κ1) is 20.9. The van der Waals surface area contributed by atoms with Crippen molar-refractivity contribution in [1.29, 1.82) is 0 Å². The summed E-state index contributed by atoms with van der Waals surface area (Å²) in [6.07, 6.45) is 1.37. The summed E-state index contributed by atoms with van der Waals surface area (Å²) in [5.74, 6) is -0.318. The number of amides is 5. The van der Waals surface area contributed by atoms with Crippen molar-refractivity contribution in [2.24, 2.45) is 0 Å². The molecule has 0 unspecified atom stereocenters. The van der Waals surface area contributed by atoms with E-state index in [0.717, 1.165) is 12.1 Å². The number of hydrogen-bond acceptors (Lipinski definition) is 5. The van der Waals surface area contributed by atoms with E-state index in [9.17, 15) is 19.2 Å². The van der Waals surface area contributed by atoms with E-state index in [0.29, 0.717) is 29.1 Å². The molecule has 0 aliphatic carbocycles. The average molecular weight is 439 g/mol. The lowest BCUT2D eigenvalue weighted by Gasteiger charge is -2.20. The van der Waals surface area contributed by atoms with Crippen molar-refractivity contribution in [2.45, 2.75) is 30.2 Å². The molecule has 31 heavy (non-hydrogen) atoms. The van der Waals surface area contributed by atoms with Crippen molar-refractivity contribution in [3.05, 3.63) is 54.1 Å². The summed E-state index contributed by atoms with van der Waals surface area (Å²) in [5, 5.41) is 7.75. The van der Waals surface area contributed by atoms with Crippen molar-refractivity contribution in [3.8, 4) is 0 Å². The van der Waals surface area contributed by atoms with Crippen molar-refractivity contribution >= 4 is 46.9 Å². The maximum absolute atomic E-state index is 13.0. The van der Waals surface area contributed by atoms with Gasteiger partial charge in [0.15, 0.2) is 0 Å². The Kier molecular flexibility index (Phi) is 5.69. The van der Waals surface area contributed by atoms with Gasteiger partial charge in [-0.15, -0.1) is 11.8 Å². The molecule has 0 bridgehead atoms. The van der Waals surface area contributed by atoms with Crippen molar-refractivity contribution < 1.29 is 19.2 Å². The first-order valence-electron chi connectivity index (χ1n) is 9.93. The van der Waals surface area contributed by atoms with E-state index in [2.05, 4.69) is 16.0 Å². The Labute approximate surface area is 183 Å². The van der Waals surface area contributed by atoms with Crippen molar-refractivity contribution in [1.82, 2.24) is 10.6 Å². The van der Waals surface area contributed by atoms with Crippen LogP contribution >= 0.6 is 11.8 Å². The molecule has 2 aromatic rings. The van der Waals surface area contributed by atoms with E-state index in [1.54, 1.807) is 48.2 Å². The molecule has 2 fully saturated rings. The lowest BCUT2D eigenvalue weighted by molar-refractivity contribution is -0.122. The highest BCUT2D eigenvalue weighted by molar-refractivity contribution is 7.99. The lowest BCUT2D eigenvalue weighted by Crippen LogP contribution is -2.46. The highest BCUT2D eigenvalue weighted by Crippen LogP contribution is 2.29. The molecule has 2 heterocycles. The van der Waals surface area contributed by atoms with E-state index in [4.69, 9.17) is 0 Å². The van der Waals surface area contributed by atoms with Crippen LogP contribution < -0.4 is 20.9 Å². The fraction of sp³-hybridized carbons (Fsp3) is 0.273. The number of carbonyl (C=O) groups is 4. The molecule has 0 saturated carbocycles. The number of anilines is 2. The number of hydrogen-bond donors (Lipinski definition) is 3. The second-order valence-corrected chi connectivity index (χ2v) is 8.70. The van der Waals surface area contributed by atoms with Gasteiger partial charge in [-0.2, -0.15) is 0 Å². The minimum atomic E-state index is -1.04. The van der Waals surface area contributed by atoms with Gasteiger partial charge in [0.2, 0.25) is 5.91 Å². The van der Waals surface area contributed by atoms with Crippen LogP contribution in [0.4, 0.5) is 16.2 Å². The molecule has 1 atom stereocenters. The average Bonchev–Trinajstić information content (AvgIpc) is 3.29. The van der Waals surface area contributed by atoms with E-state index < -0.39 is 11.6 Å². The van der Waals surface area contributed by atoms with Crippen LogP contribution in [0, 0.1) is 0 Å². The minimum Gasteiger partial charge on any atom is -0.323 e. The molecule has 0 radical (unpaired) electrons. The predicted molar refractivity (Wildman–Crippen MR) is 118 cm³/mol. The van der Waals surface area contributed by atoms with Gasteiger partial charge in [0.1, 0.15) is 5.54 Å². The van der Waals surface area contributed by atoms with Crippen molar-refractivity contribution in [3.63, 3.8) is 0 Å². The Bertz CT molecular complexity index is 1070. The Morgan fingerprint density at radius 2 is 1.97 bits per heavy atom. The van der Waals surface area contributed by atoms with Gasteiger partial charge in [-0.05, 0) is 43.7 Å². The van der Waals surface area contributed by atoms with Crippen LogP contribution in [0.15, 0.2) is 53.4 Å². The van der Waals surface area contributed by atoms with Gasteiger partial charge in [-0.25, -0.2) is 4.79 Å². The molecule has 4 rings (SSSR count). The molecule has 5 amide bonds. The summed E-state index contributed by atoms with van der Waals surface area (Å²) in [5.41, 5.74) is 0.779. The Morgan fingerprint density at radius 1 is 1.16 bits per heavy atom. The van der Waals surface area contributed by atoms with Crippen LogP contribution in [0.5, 0.6) is 0 Å². The number of thioether (sulfide) groups is 1. The quantitative estimate of drug-likeness (QED) is 0.475. The predicted octanol–water partition coefficient (Wildman–Crippen LogP) is 2.76. The third-order valence-electron chi connectivity index (χ3n) is 5.25.